The molecule has 17 heteroatoms. The molecule has 36 heavy (non-hydrogen) atoms. The van der Waals surface area contributed by atoms with Crippen LogP contribution in [0.1, 0.15) is 0 Å². The van der Waals surface area contributed by atoms with Gasteiger partial charge in [-0.25, -0.2) is 19.6 Å². The van der Waals surface area contributed by atoms with Crippen molar-refractivity contribution in [3.8, 4) is 0 Å². The lowest BCUT2D eigenvalue weighted by atomic mass is 10.4. The molecule has 0 saturated carbocycles. The average Bonchev–Trinajstić information content (AvgIpc) is 3.42. The van der Waals surface area contributed by atoms with Gasteiger partial charge < -0.3 is 9.13 Å². The summed E-state index contributed by atoms with van der Waals surface area (Å²) in [6.07, 6.45) is 2.43. The molecule has 0 fully saturated rings. The van der Waals surface area contributed by atoms with Gasteiger partial charge >= 0.3 is 11.4 Å². The van der Waals surface area contributed by atoms with Crippen molar-refractivity contribution >= 4 is 40.1 Å². The molecule has 0 atom stereocenters. The topological polar surface area (TPSA) is 206 Å². The predicted octanol–water partition coefficient (Wildman–Crippen LogP) is -3.95. The van der Waals surface area contributed by atoms with Gasteiger partial charge in [-0.15, -0.1) is 0 Å². The van der Waals surface area contributed by atoms with Crippen molar-refractivity contribution in [1.82, 2.24) is 48.0 Å². The number of carbonyl (C=O) groups is 2. The summed E-state index contributed by atoms with van der Waals surface area (Å²) in [5.74, 6) is -2.13. The number of aromatic nitrogens is 8. The van der Waals surface area contributed by atoms with E-state index in [-0.39, 0.29) is 22.3 Å². The minimum Gasteiger partial charge on any atom is -0.315 e. The molecule has 0 aromatic carbocycles. The van der Waals surface area contributed by atoms with Gasteiger partial charge in [-0.05, 0) is 0 Å². The van der Waals surface area contributed by atoms with Crippen LogP contribution in [0.4, 0.5) is 0 Å². The van der Waals surface area contributed by atoms with Gasteiger partial charge in [0, 0.05) is 28.2 Å². The first-order valence-corrected chi connectivity index (χ1v) is 10.3. The molecule has 0 aliphatic heterocycles. The van der Waals surface area contributed by atoms with Gasteiger partial charge in [-0.1, -0.05) is 0 Å². The zero-order chi connectivity index (χ0) is 26.5. The van der Waals surface area contributed by atoms with Crippen LogP contribution in [0.2, 0.25) is 0 Å². The number of guanidine groups is 1. The Morgan fingerprint density at radius 1 is 0.722 bits per heavy atom. The summed E-state index contributed by atoms with van der Waals surface area (Å²) in [5.41, 5.74) is -2.20. The number of nitrogens with one attached hydrogen (secondary N) is 3. The van der Waals surface area contributed by atoms with Gasteiger partial charge in [0.2, 0.25) is 17.8 Å². The Morgan fingerprint density at radius 3 is 1.44 bits per heavy atom. The average molecular weight is 499 g/mol. The Bertz CT molecular complexity index is 1700. The molecular formula is C19H21N11O6. The Morgan fingerprint density at radius 2 is 1.08 bits per heavy atom. The van der Waals surface area contributed by atoms with Crippen LogP contribution in [0.25, 0.3) is 22.3 Å². The van der Waals surface area contributed by atoms with E-state index in [1.807, 2.05) is 0 Å². The number of aryl methyl sites for hydroxylation is 2. The molecule has 2 amide bonds. The SMILES string of the molecule is Cn1c(=O)c2c(ncn2CC(=O)NC(=N)NC(=O)Cn2cnc3c2c(=O)n(C)c(=O)n3C)n(C)c1=O. The van der Waals surface area contributed by atoms with Gasteiger partial charge in [-0.3, -0.25) is 53.5 Å². The third-order valence-corrected chi connectivity index (χ3v) is 5.59. The second-order valence-corrected chi connectivity index (χ2v) is 7.97. The number of hydrogen-bond donors (Lipinski definition) is 3. The van der Waals surface area contributed by atoms with Crippen LogP contribution >= 0.6 is 0 Å². The zero-order valence-electron chi connectivity index (χ0n) is 19.6. The van der Waals surface area contributed by atoms with E-state index in [1.54, 1.807) is 0 Å². The molecule has 0 unspecified atom stereocenters. The molecule has 4 aromatic heterocycles. The summed E-state index contributed by atoms with van der Waals surface area (Å²) in [6, 6.07) is 0. The van der Waals surface area contributed by atoms with E-state index < -0.39 is 53.4 Å². The highest BCUT2D eigenvalue weighted by molar-refractivity contribution is 6.03. The minimum atomic E-state index is -0.743. The standard InChI is InChI=1S/C19H21N11O6/c1-25-13-11(15(33)27(3)18(25)35)29(7-21-13)5-9(31)23-17(20)24-10(32)6-30-8-22-14-12(30)16(34)28(4)19(36)26(14)2/h7-8H,5-6H2,1-4H3,(H3,20,23,24,31,32). The second kappa shape index (κ2) is 8.60. The van der Waals surface area contributed by atoms with Crippen molar-refractivity contribution in [2.24, 2.45) is 28.2 Å². The van der Waals surface area contributed by atoms with Crippen LogP contribution in [0.5, 0.6) is 0 Å². The van der Waals surface area contributed by atoms with Crippen LogP contribution in [0.3, 0.4) is 0 Å². The number of imidazole rings is 2. The highest BCUT2D eigenvalue weighted by Gasteiger charge is 2.18. The molecular weight excluding hydrogens is 478 g/mol. The summed E-state index contributed by atoms with van der Waals surface area (Å²) < 4.78 is 6.53. The fraction of sp³-hybridized carbons (Fsp3) is 0.316. The fourth-order valence-electron chi connectivity index (χ4n) is 3.73. The molecule has 188 valence electrons. The van der Waals surface area contributed by atoms with Gasteiger partial charge in [-0.2, -0.15) is 0 Å². The van der Waals surface area contributed by atoms with E-state index in [9.17, 15) is 28.8 Å². The van der Waals surface area contributed by atoms with Crippen molar-refractivity contribution in [3.05, 3.63) is 54.3 Å². The highest BCUT2D eigenvalue weighted by atomic mass is 16.2. The molecule has 4 aromatic rings. The summed E-state index contributed by atoms with van der Waals surface area (Å²) in [5, 5.41) is 12.2. The second-order valence-electron chi connectivity index (χ2n) is 7.97. The number of amides is 2. The van der Waals surface area contributed by atoms with Crippen LogP contribution in [0, 0.1) is 5.41 Å². The molecule has 4 heterocycles. The van der Waals surface area contributed by atoms with Gasteiger partial charge in [0.15, 0.2) is 22.3 Å². The highest BCUT2D eigenvalue weighted by Crippen LogP contribution is 2.06. The number of fused-ring (bicyclic) bond motifs is 2. The number of hydrogen-bond acceptors (Lipinski definition) is 9. The molecule has 0 spiro atoms. The van der Waals surface area contributed by atoms with Crippen molar-refractivity contribution < 1.29 is 9.59 Å². The fourth-order valence-corrected chi connectivity index (χ4v) is 3.73. The van der Waals surface area contributed by atoms with Crippen molar-refractivity contribution in [2.75, 3.05) is 0 Å². The normalized spacial score (nSPS) is 11.2. The molecule has 3 N–H and O–H groups in total. The zero-order valence-corrected chi connectivity index (χ0v) is 19.6. The van der Waals surface area contributed by atoms with Gasteiger partial charge in [0.1, 0.15) is 13.1 Å². The van der Waals surface area contributed by atoms with Crippen molar-refractivity contribution in [2.45, 2.75) is 13.1 Å². The minimum absolute atomic E-state index is 0.0216. The van der Waals surface area contributed by atoms with Gasteiger partial charge in [0.05, 0.1) is 12.7 Å². The quantitative estimate of drug-likeness (QED) is 0.186. The Kier molecular flexibility index (Phi) is 5.75. The van der Waals surface area contributed by atoms with Gasteiger partial charge in [0.25, 0.3) is 11.1 Å². The van der Waals surface area contributed by atoms with Crippen LogP contribution in [0.15, 0.2) is 31.8 Å². The molecule has 0 radical (unpaired) electrons. The third-order valence-electron chi connectivity index (χ3n) is 5.59. The monoisotopic (exact) mass is 499 g/mol. The maximum atomic E-state index is 12.5. The first-order chi connectivity index (χ1) is 16.9. The molecule has 0 saturated heterocycles. The Hall–Kier alpha value is -5.09. The lowest BCUT2D eigenvalue weighted by Gasteiger charge is -2.10. The summed E-state index contributed by atoms with van der Waals surface area (Å²) in [6.45, 7) is -0.836. The van der Waals surface area contributed by atoms with E-state index in [1.165, 1.54) is 59.1 Å². The Balaban J connectivity index is 1.46. The largest absolute Gasteiger partial charge is 0.332 e. The molecule has 0 bridgehead atoms. The predicted molar refractivity (Wildman–Crippen MR) is 124 cm³/mol. The lowest BCUT2D eigenvalue weighted by Crippen LogP contribution is -2.45. The smallest absolute Gasteiger partial charge is 0.315 e. The number of carbonyl (C=O) groups excluding carboxylic acids is 2. The first kappa shape index (κ1) is 24.0. The van der Waals surface area contributed by atoms with Crippen LogP contribution in [-0.2, 0) is 50.9 Å². The van der Waals surface area contributed by atoms with Crippen molar-refractivity contribution in [1.29, 1.82) is 5.41 Å². The molecule has 0 aliphatic rings. The third kappa shape index (κ3) is 3.81. The number of rotatable bonds is 4. The molecule has 0 aliphatic carbocycles. The summed E-state index contributed by atoms with van der Waals surface area (Å²) >= 11 is 0. The van der Waals surface area contributed by atoms with E-state index in [4.69, 9.17) is 5.41 Å². The maximum absolute atomic E-state index is 12.5. The van der Waals surface area contributed by atoms with Crippen LogP contribution < -0.4 is 33.1 Å². The van der Waals surface area contributed by atoms with E-state index in [0.717, 1.165) is 9.13 Å². The van der Waals surface area contributed by atoms with Crippen molar-refractivity contribution in [3.63, 3.8) is 0 Å². The number of nitrogens with zero attached hydrogens (tertiary/aromatic N) is 8. The summed E-state index contributed by atoms with van der Waals surface area (Å²) in [7, 11) is 5.47. The van der Waals surface area contributed by atoms with Crippen LogP contribution in [-0.4, -0.2) is 55.1 Å². The van der Waals surface area contributed by atoms with E-state index in [0.29, 0.717) is 0 Å². The first-order valence-electron chi connectivity index (χ1n) is 10.3. The van der Waals surface area contributed by atoms with E-state index >= 15 is 0 Å². The maximum Gasteiger partial charge on any atom is 0.332 e. The summed E-state index contributed by atoms with van der Waals surface area (Å²) in [4.78, 5) is 81.8. The Labute approximate surface area is 199 Å². The lowest BCUT2D eigenvalue weighted by molar-refractivity contribution is -0.120. The molecule has 4 rings (SSSR count). The molecule has 17 nitrogen and oxygen atoms in total. The van der Waals surface area contributed by atoms with E-state index in [2.05, 4.69) is 20.6 Å².